The van der Waals surface area contributed by atoms with E-state index < -0.39 is 13.9 Å². The number of aromatic hydroxyl groups is 1. The molecule has 6 heteroatoms. The fourth-order valence-electron chi connectivity index (χ4n) is 4.89. The Morgan fingerprint density at radius 2 is 1.80 bits per heavy atom. The summed E-state index contributed by atoms with van der Waals surface area (Å²) in [5.41, 5.74) is 0.696. The van der Waals surface area contributed by atoms with Gasteiger partial charge in [0.1, 0.15) is 11.8 Å². The first-order valence-corrected chi connectivity index (χ1v) is 13.7. The highest BCUT2D eigenvalue weighted by atomic mass is 28.4. The predicted octanol–water partition coefficient (Wildman–Crippen LogP) is 4.71. The van der Waals surface area contributed by atoms with Crippen LogP contribution in [-0.2, 0) is 16.4 Å². The summed E-state index contributed by atoms with van der Waals surface area (Å²) in [4.78, 5) is 26.4. The number of rotatable bonds is 3. The second-order valence-electron chi connectivity index (χ2n) is 9.08. The predicted molar refractivity (Wildman–Crippen MR) is 115 cm³/mol. The van der Waals surface area contributed by atoms with E-state index in [0.717, 1.165) is 6.42 Å². The first kappa shape index (κ1) is 20.5. The molecule has 2 aromatic carbocycles. The number of ketones is 2. The lowest BCUT2D eigenvalue weighted by Crippen LogP contribution is -2.47. The van der Waals surface area contributed by atoms with Crippen molar-refractivity contribution in [1.29, 1.82) is 5.26 Å². The van der Waals surface area contributed by atoms with E-state index in [9.17, 15) is 20.0 Å². The minimum Gasteiger partial charge on any atom is -0.507 e. The number of hydrogen-bond donors (Lipinski definition) is 1. The highest BCUT2D eigenvalue weighted by Crippen LogP contribution is 2.50. The number of nitriles is 1. The monoisotopic (exact) mass is 419 g/mol. The van der Waals surface area contributed by atoms with E-state index in [1.807, 2.05) is 26.6 Å². The molecule has 0 saturated heterocycles. The smallest absolute Gasteiger partial charge is 0.198 e. The molecular weight excluding hydrogens is 394 g/mol. The summed E-state index contributed by atoms with van der Waals surface area (Å²) in [6.07, 6.45) is 1.95. The maximum atomic E-state index is 13.2. The molecule has 30 heavy (non-hydrogen) atoms. The van der Waals surface area contributed by atoms with Crippen LogP contribution < -0.4 is 0 Å². The van der Waals surface area contributed by atoms with Gasteiger partial charge in [0, 0.05) is 33.7 Å². The van der Waals surface area contributed by atoms with Crippen LogP contribution in [0.1, 0.15) is 62.7 Å². The summed E-state index contributed by atoms with van der Waals surface area (Å²) >= 11 is 0. The van der Waals surface area contributed by atoms with E-state index in [-0.39, 0.29) is 34.4 Å². The molecule has 0 bridgehead atoms. The normalized spacial score (nSPS) is 22.7. The van der Waals surface area contributed by atoms with Crippen molar-refractivity contribution in [1.82, 2.24) is 0 Å². The van der Waals surface area contributed by atoms with Crippen molar-refractivity contribution in [2.45, 2.75) is 51.4 Å². The highest BCUT2D eigenvalue weighted by molar-refractivity contribution is 6.69. The third-order valence-corrected chi connectivity index (χ3v) is 7.07. The third-order valence-electron chi connectivity index (χ3n) is 6.14. The Morgan fingerprint density at radius 3 is 2.37 bits per heavy atom. The molecule has 0 fully saturated rings. The van der Waals surface area contributed by atoms with E-state index in [2.05, 4.69) is 6.07 Å². The van der Waals surface area contributed by atoms with Gasteiger partial charge in [-0.25, -0.2) is 0 Å². The molecule has 5 nitrogen and oxygen atoms in total. The average molecular weight is 420 g/mol. The summed E-state index contributed by atoms with van der Waals surface area (Å²) in [7, 11) is -2.16. The van der Waals surface area contributed by atoms with E-state index in [0.29, 0.717) is 35.1 Å². The number of phenols is 1. The first-order chi connectivity index (χ1) is 14.1. The van der Waals surface area contributed by atoms with Crippen molar-refractivity contribution in [3.05, 3.63) is 63.7 Å². The second-order valence-corrected chi connectivity index (χ2v) is 13.5. The van der Waals surface area contributed by atoms with Crippen LogP contribution in [0.2, 0.25) is 19.6 Å². The maximum Gasteiger partial charge on any atom is 0.198 e. The van der Waals surface area contributed by atoms with E-state index in [1.54, 1.807) is 30.3 Å². The summed E-state index contributed by atoms with van der Waals surface area (Å²) in [5, 5.41) is 21.5. The van der Waals surface area contributed by atoms with Crippen molar-refractivity contribution in [2.75, 3.05) is 0 Å². The minimum atomic E-state index is -2.16. The zero-order chi connectivity index (χ0) is 21.8. The van der Waals surface area contributed by atoms with Crippen LogP contribution in [0.25, 0.3) is 0 Å². The maximum absolute atomic E-state index is 13.2. The van der Waals surface area contributed by atoms with Gasteiger partial charge in [-0.3, -0.25) is 9.59 Å². The molecule has 0 heterocycles. The molecule has 0 aliphatic heterocycles. The van der Waals surface area contributed by atoms with Crippen LogP contribution in [0.4, 0.5) is 0 Å². The Kier molecular flexibility index (Phi) is 4.72. The molecule has 2 atom stereocenters. The lowest BCUT2D eigenvalue weighted by atomic mass is 9.68. The Hall–Kier alpha value is -2.75. The third kappa shape index (κ3) is 2.84. The zero-order valence-corrected chi connectivity index (χ0v) is 18.7. The van der Waals surface area contributed by atoms with Gasteiger partial charge in [-0.2, -0.15) is 5.26 Å². The van der Waals surface area contributed by atoms with Crippen molar-refractivity contribution in [3.8, 4) is 11.8 Å². The Balaban J connectivity index is 2.02. The van der Waals surface area contributed by atoms with Crippen molar-refractivity contribution < 1.29 is 19.1 Å². The van der Waals surface area contributed by atoms with Gasteiger partial charge in [0.2, 0.25) is 0 Å². The van der Waals surface area contributed by atoms with Gasteiger partial charge in [0.25, 0.3) is 0 Å². The first-order valence-electron chi connectivity index (χ1n) is 10.3. The van der Waals surface area contributed by atoms with Gasteiger partial charge < -0.3 is 9.53 Å². The Bertz CT molecular complexity index is 1130. The minimum absolute atomic E-state index is 0.0484. The van der Waals surface area contributed by atoms with Crippen molar-refractivity contribution in [2.24, 2.45) is 5.92 Å². The average Bonchev–Trinajstić information content (AvgIpc) is 2.71. The fraction of sp³-hybridized carbons (Fsp3) is 0.375. The Morgan fingerprint density at radius 1 is 1.17 bits per heavy atom. The molecule has 154 valence electrons. The topological polar surface area (TPSA) is 87.4 Å². The highest BCUT2D eigenvalue weighted by Gasteiger charge is 2.50. The number of benzene rings is 2. The van der Waals surface area contributed by atoms with Crippen LogP contribution in [0.15, 0.2) is 30.3 Å². The lowest BCUT2D eigenvalue weighted by Gasteiger charge is -2.44. The number of nitrogens with zero attached hydrogens (tertiary/aromatic N) is 1. The molecule has 0 radical (unpaired) electrons. The lowest BCUT2D eigenvalue weighted by molar-refractivity contribution is 0.0352. The van der Waals surface area contributed by atoms with Gasteiger partial charge in [0.15, 0.2) is 25.5 Å². The van der Waals surface area contributed by atoms with Gasteiger partial charge in [0.05, 0.1) is 5.56 Å². The molecule has 1 N–H and O–H groups in total. The quantitative estimate of drug-likeness (QED) is 0.621. The van der Waals surface area contributed by atoms with Crippen LogP contribution in [-0.4, -0.2) is 25.0 Å². The van der Waals surface area contributed by atoms with E-state index in [4.69, 9.17) is 4.43 Å². The molecule has 2 aromatic rings. The molecule has 2 aliphatic rings. The Labute approximate surface area is 177 Å². The number of carbonyl (C=O) groups excluding carboxylic acids is 2. The van der Waals surface area contributed by atoms with Crippen molar-refractivity contribution >= 4 is 19.9 Å². The summed E-state index contributed by atoms with van der Waals surface area (Å²) < 4.78 is 6.49. The molecular formula is C24H25NO4Si. The molecule has 0 spiro atoms. The summed E-state index contributed by atoms with van der Waals surface area (Å²) in [6, 6.07) is 10.7. The van der Waals surface area contributed by atoms with Gasteiger partial charge in [-0.1, -0.05) is 31.2 Å². The van der Waals surface area contributed by atoms with E-state index in [1.165, 1.54) is 0 Å². The molecule has 2 aliphatic carbocycles. The van der Waals surface area contributed by atoms with Crippen LogP contribution in [0.3, 0.4) is 0 Å². The molecule has 4 rings (SSSR count). The van der Waals surface area contributed by atoms with Crippen molar-refractivity contribution in [3.63, 3.8) is 0 Å². The summed E-state index contributed by atoms with van der Waals surface area (Å²) in [6.45, 7) is 8.10. The molecule has 0 saturated carbocycles. The zero-order valence-electron chi connectivity index (χ0n) is 17.7. The molecule has 0 amide bonds. The standard InChI is InChI=1S/C24H25NO4Si/c1-5-14-10-11-17-19(24(14,13-25)29-30(2,3)4)12-18-20(23(17)28)22(27)16-9-7-6-8-15(16)21(18)26/h6-9,12,14,28H,5,10-11H2,1-4H3/t14-,24?/m0/s1. The number of phenolic OH excluding ortho intramolecular Hbond substituents is 1. The van der Waals surface area contributed by atoms with Gasteiger partial charge in [-0.15, -0.1) is 0 Å². The number of fused-ring (bicyclic) bond motifs is 3. The van der Waals surface area contributed by atoms with Crippen LogP contribution in [0.5, 0.6) is 5.75 Å². The number of hydrogen-bond acceptors (Lipinski definition) is 5. The van der Waals surface area contributed by atoms with Crippen LogP contribution in [0, 0.1) is 17.2 Å². The number of carbonyl (C=O) groups is 2. The molecule has 0 aromatic heterocycles. The van der Waals surface area contributed by atoms with Crippen LogP contribution >= 0.6 is 0 Å². The van der Waals surface area contributed by atoms with Gasteiger partial charge >= 0.3 is 0 Å². The molecule has 1 unspecified atom stereocenters. The fourth-order valence-corrected chi connectivity index (χ4v) is 6.18. The largest absolute Gasteiger partial charge is 0.507 e. The SMILES string of the molecule is CC[C@H]1CCc2c(cc3c(c2O)C(=O)c2ccccc2C3=O)C1(C#N)O[Si](C)(C)C. The summed E-state index contributed by atoms with van der Waals surface area (Å²) in [5.74, 6) is -0.895. The van der Waals surface area contributed by atoms with Gasteiger partial charge in [-0.05, 0) is 45.0 Å². The second kappa shape index (κ2) is 6.90. The van der Waals surface area contributed by atoms with E-state index >= 15 is 0 Å².